The van der Waals surface area contributed by atoms with Crippen LogP contribution in [0.15, 0.2) is 72.9 Å². The maximum atomic E-state index is 12.9. The van der Waals surface area contributed by atoms with Gasteiger partial charge in [-0.1, -0.05) is 351 Å². The van der Waals surface area contributed by atoms with Crippen LogP contribution in [0.1, 0.15) is 367 Å². The molecule has 0 aliphatic carbocycles. The fraction of sp³-hybridized carbons (Fsp3) is 0.800. The molecular weight excluding hydrogens is 997 g/mol. The number of allylic oxidation sites excluding steroid dienone is 12. The summed E-state index contributed by atoms with van der Waals surface area (Å²) in [6, 6.07) is 0. The Morgan fingerprint density at radius 2 is 0.481 bits per heavy atom. The molecule has 0 spiro atoms. The number of hydrogen-bond donors (Lipinski definition) is 0. The van der Waals surface area contributed by atoms with Crippen molar-refractivity contribution in [3.63, 3.8) is 0 Å². The average Bonchev–Trinajstić information content (AvgIpc) is 3.47. The van der Waals surface area contributed by atoms with Crippen molar-refractivity contribution in [2.45, 2.75) is 374 Å². The van der Waals surface area contributed by atoms with E-state index in [2.05, 4.69) is 93.7 Å². The van der Waals surface area contributed by atoms with E-state index in [-0.39, 0.29) is 31.1 Å². The number of carbonyl (C=O) groups excluding carboxylic acids is 3. The number of ether oxygens (including phenoxy) is 3. The van der Waals surface area contributed by atoms with Gasteiger partial charge in [0.05, 0.1) is 0 Å². The van der Waals surface area contributed by atoms with E-state index in [1.165, 1.54) is 231 Å². The zero-order valence-corrected chi connectivity index (χ0v) is 54.1. The van der Waals surface area contributed by atoms with E-state index in [4.69, 9.17) is 14.2 Å². The third-order valence-corrected chi connectivity index (χ3v) is 15.7. The minimum absolute atomic E-state index is 0.0680. The largest absolute Gasteiger partial charge is 0.462 e. The van der Waals surface area contributed by atoms with E-state index in [0.29, 0.717) is 19.3 Å². The molecule has 0 heterocycles. The van der Waals surface area contributed by atoms with Crippen molar-refractivity contribution in [3.05, 3.63) is 72.9 Å². The molecule has 0 aliphatic rings. The van der Waals surface area contributed by atoms with Gasteiger partial charge in [0.1, 0.15) is 13.2 Å². The number of rotatable bonds is 65. The van der Waals surface area contributed by atoms with Crippen LogP contribution in [-0.2, 0) is 28.6 Å². The van der Waals surface area contributed by atoms with Gasteiger partial charge in [0.2, 0.25) is 0 Å². The van der Waals surface area contributed by atoms with Crippen molar-refractivity contribution in [2.24, 2.45) is 0 Å². The average molecular weight is 1130 g/mol. The third kappa shape index (κ3) is 67.5. The Balaban J connectivity index is 4.03. The van der Waals surface area contributed by atoms with E-state index in [1.807, 2.05) is 0 Å². The topological polar surface area (TPSA) is 78.9 Å². The summed E-state index contributed by atoms with van der Waals surface area (Å²) in [7, 11) is 0. The summed E-state index contributed by atoms with van der Waals surface area (Å²) in [6.07, 6.45) is 91.0. The highest BCUT2D eigenvalue weighted by atomic mass is 16.6. The molecule has 0 aromatic carbocycles. The van der Waals surface area contributed by atoms with Crippen molar-refractivity contribution in [2.75, 3.05) is 13.2 Å². The van der Waals surface area contributed by atoms with Crippen LogP contribution in [0.5, 0.6) is 0 Å². The van der Waals surface area contributed by atoms with Gasteiger partial charge in [-0.15, -0.1) is 0 Å². The van der Waals surface area contributed by atoms with Crippen LogP contribution in [-0.4, -0.2) is 37.2 Å². The molecule has 0 rings (SSSR count). The lowest BCUT2D eigenvalue weighted by molar-refractivity contribution is -0.167. The van der Waals surface area contributed by atoms with Gasteiger partial charge >= 0.3 is 17.9 Å². The van der Waals surface area contributed by atoms with Gasteiger partial charge in [-0.05, 0) is 70.6 Å². The van der Waals surface area contributed by atoms with Crippen molar-refractivity contribution >= 4 is 17.9 Å². The molecule has 0 amide bonds. The zero-order valence-electron chi connectivity index (χ0n) is 54.1. The molecule has 0 bridgehead atoms. The summed E-state index contributed by atoms with van der Waals surface area (Å²) in [5, 5.41) is 0. The monoisotopic (exact) mass is 1130 g/mol. The summed E-state index contributed by atoms with van der Waals surface area (Å²) >= 11 is 0. The molecule has 1 unspecified atom stereocenters. The molecule has 81 heavy (non-hydrogen) atoms. The van der Waals surface area contributed by atoms with Gasteiger partial charge in [-0.2, -0.15) is 0 Å². The number of esters is 3. The molecule has 0 aromatic heterocycles. The molecule has 0 radical (unpaired) electrons. The first-order chi connectivity index (χ1) is 40.0. The highest BCUT2D eigenvalue weighted by Crippen LogP contribution is 2.18. The highest BCUT2D eigenvalue weighted by molar-refractivity contribution is 5.71. The van der Waals surface area contributed by atoms with E-state index < -0.39 is 6.10 Å². The Hall–Kier alpha value is -3.15. The Labute approximate surface area is 503 Å². The zero-order chi connectivity index (χ0) is 58.5. The number of hydrogen-bond acceptors (Lipinski definition) is 6. The summed E-state index contributed by atoms with van der Waals surface area (Å²) in [4.78, 5) is 38.2. The molecule has 0 saturated carbocycles. The lowest BCUT2D eigenvalue weighted by Crippen LogP contribution is -2.30. The minimum Gasteiger partial charge on any atom is -0.462 e. The first kappa shape index (κ1) is 77.9. The van der Waals surface area contributed by atoms with Gasteiger partial charge in [0, 0.05) is 19.3 Å². The van der Waals surface area contributed by atoms with Crippen molar-refractivity contribution in [1.82, 2.24) is 0 Å². The van der Waals surface area contributed by atoms with Crippen LogP contribution in [0.2, 0.25) is 0 Å². The predicted octanol–water partition coefficient (Wildman–Crippen LogP) is 24.4. The summed E-state index contributed by atoms with van der Waals surface area (Å²) in [5.41, 5.74) is 0. The quantitative estimate of drug-likeness (QED) is 0.0261. The van der Waals surface area contributed by atoms with Crippen molar-refractivity contribution in [1.29, 1.82) is 0 Å². The van der Waals surface area contributed by atoms with Crippen LogP contribution in [0.3, 0.4) is 0 Å². The van der Waals surface area contributed by atoms with E-state index >= 15 is 0 Å². The minimum atomic E-state index is -0.769. The Morgan fingerprint density at radius 3 is 0.753 bits per heavy atom. The second kappa shape index (κ2) is 69.3. The van der Waals surface area contributed by atoms with E-state index in [0.717, 1.165) is 96.3 Å². The molecule has 0 aliphatic heterocycles. The van der Waals surface area contributed by atoms with E-state index in [9.17, 15) is 14.4 Å². The summed E-state index contributed by atoms with van der Waals surface area (Å²) in [6.45, 7) is 6.55. The first-order valence-corrected chi connectivity index (χ1v) is 35.4. The van der Waals surface area contributed by atoms with Crippen LogP contribution in [0, 0.1) is 0 Å². The third-order valence-electron chi connectivity index (χ3n) is 15.7. The van der Waals surface area contributed by atoms with Crippen LogP contribution in [0.4, 0.5) is 0 Å². The van der Waals surface area contributed by atoms with Crippen LogP contribution in [0.25, 0.3) is 0 Å². The highest BCUT2D eigenvalue weighted by Gasteiger charge is 2.19. The summed E-state index contributed by atoms with van der Waals surface area (Å²) < 4.78 is 16.9. The lowest BCUT2D eigenvalue weighted by atomic mass is 10.0. The number of carbonyl (C=O) groups is 3. The molecule has 6 heteroatoms. The van der Waals surface area contributed by atoms with E-state index in [1.54, 1.807) is 0 Å². The van der Waals surface area contributed by atoms with Gasteiger partial charge in [0.25, 0.3) is 0 Å². The molecule has 0 saturated heterocycles. The fourth-order valence-corrected chi connectivity index (χ4v) is 10.5. The maximum Gasteiger partial charge on any atom is 0.306 e. The van der Waals surface area contributed by atoms with Gasteiger partial charge in [-0.3, -0.25) is 14.4 Å². The molecule has 6 nitrogen and oxygen atoms in total. The summed E-state index contributed by atoms with van der Waals surface area (Å²) in [5.74, 6) is -0.849. The van der Waals surface area contributed by atoms with Gasteiger partial charge < -0.3 is 14.2 Å². The molecule has 0 N–H and O–H groups in total. The second-order valence-electron chi connectivity index (χ2n) is 23.8. The Morgan fingerprint density at radius 1 is 0.259 bits per heavy atom. The van der Waals surface area contributed by atoms with Crippen molar-refractivity contribution in [3.8, 4) is 0 Å². The smallest absolute Gasteiger partial charge is 0.306 e. The van der Waals surface area contributed by atoms with Crippen LogP contribution < -0.4 is 0 Å². The van der Waals surface area contributed by atoms with Gasteiger partial charge in [0.15, 0.2) is 6.10 Å². The standard InChI is InChI=1S/C75H134O6/c1-4-7-10-13-16-19-21-23-25-27-29-31-32-33-34-35-36-37-38-39-40-41-42-43-44-45-47-48-50-52-54-56-59-62-65-68-74(77)80-71-72(70-79-73(76)67-64-61-58-18-15-12-9-6-3)81-75(78)69-66-63-60-57-55-53-51-49-46-30-28-26-24-22-20-17-14-11-8-5-2/h7,10,16,19,23,25,29,31,33-34,36-37,72H,4-6,8-9,11-15,17-18,20-22,24,26-28,30,32,35,38-71H2,1-3H3/b10-7-,19-16-,25-23-,31-29-,34-33-,37-36-. The Bertz CT molecular complexity index is 1490. The van der Waals surface area contributed by atoms with Crippen LogP contribution >= 0.6 is 0 Å². The fourth-order valence-electron chi connectivity index (χ4n) is 10.5. The molecule has 0 fully saturated rings. The lowest BCUT2D eigenvalue weighted by Gasteiger charge is -2.18. The normalized spacial score (nSPS) is 12.5. The number of unbranched alkanes of at least 4 members (excludes halogenated alkanes) is 42. The molecule has 1 atom stereocenters. The Kier molecular flexibility index (Phi) is 66.6. The first-order valence-electron chi connectivity index (χ1n) is 35.4. The maximum absolute atomic E-state index is 12.9. The second-order valence-corrected chi connectivity index (χ2v) is 23.8. The molecule has 0 aromatic rings. The van der Waals surface area contributed by atoms with Gasteiger partial charge in [-0.25, -0.2) is 0 Å². The van der Waals surface area contributed by atoms with Crippen molar-refractivity contribution < 1.29 is 28.6 Å². The molecular formula is C75H134O6. The SMILES string of the molecule is CC/C=C\C/C=C\C/C=C\C/C=C\C/C=C\C/C=C\CCCCCCCCCCCCCCCCCCC(=O)OCC(COC(=O)CCCCCCCCCC)OC(=O)CCCCCCCCCCCCCCCCCCCCCC. The predicted molar refractivity (Wildman–Crippen MR) is 353 cm³/mol. The molecule has 470 valence electrons.